The van der Waals surface area contributed by atoms with Crippen molar-refractivity contribution in [2.24, 2.45) is 17.3 Å². The van der Waals surface area contributed by atoms with E-state index < -0.39 is 0 Å². The van der Waals surface area contributed by atoms with Gasteiger partial charge in [0.05, 0.1) is 0 Å². The van der Waals surface area contributed by atoms with Gasteiger partial charge in [0.25, 0.3) is 0 Å². The van der Waals surface area contributed by atoms with Crippen LogP contribution in [0.3, 0.4) is 0 Å². The zero-order chi connectivity index (χ0) is 9.19. The highest BCUT2D eigenvalue weighted by Crippen LogP contribution is 2.42. The molecule has 0 saturated heterocycles. The van der Waals surface area contributed by atoms with Crippen molar-refractivity contribution in [3.63, 3.8) is 0 Å². The van der Waals surface area contributed by atoms with E-state index in [1.165, 1.54) is 32.1 Å². The zero-order valence-corrected chi connectivity index (χ0v) is 9.19. The molecule has 0 aromatic carbocycles. The summed E-state index contributed by atoms with van der Waals surface area (Å²) < 4.78 is 0. The van der Waals surface area contributed by atoms with E-state index in [0.29, 0.717) is 5.41 Å². The van der Waals surface area contributed by atoms with Gasteiger partial charge in [0, 0.05) is 0 Å². The largest absolute Gasteiger partial charge is 0.0649 e. The smallest absolute Gasteiger partial charge is 0.0357 e. The molecule has 0 aromatic rings. The summed E-state index contributed by atoms with van der Waals surface area (Å²) in [6.45, 7) is 9.47. The molecule has 0 amide bonds. The molecule has 0 spiro atoms. The van der Waals surface area contributed by atoms with E-state index in [0.717, 1.165) is 11.8 Å². The fraction of sp³-hybridized carbons (Fsp3) is 1.00. The number of hydrogen-bond donors (Lipinski definition) is 0. The summed E-state index contributed by atoms with van der Waals surface area (Å²) in [6.07, 6.45) is 7.20. The highest BCUT2D eigenvalue weighted by atomic mass is 14.4. The second-order valence-corrected chi connectivity index (χ2v) is 5.38. The number of hydrogen-bond acceptors (Lipinski definition) is 0. The lowest BCUT2D eigenvalue weighted by Gasteiger charge is -2.22. The molecule has 1 aliphatic rings. The molecule has 12 heavy (non-hydrogen) atoms. The van der Waals surface area contributed by atoms with Crippen molar-refractivity contribution in [1.29, 1.82) is 0 Å². The van der Waals surface area contributed by atoms with Gasteiger partial charge in [-0.3, -0.25) is 0 Å². The Morgan fingerprint density at radius 2 is 1.92 bits per heavy atom. The van der Waals surface area contributed by atoms with E-state index in [-0.39, 0.29) is 0 Å². The molecule has 0 N–H and O–H groups in total. The molecule has 0 nitrogen and oxygen atoms in total. The predicted molar refractivity (Wildman–Crippen MR) is 55.2 cm³/mol. The minimum Gasteiger partial charge on any atom is -0.0649 e. The van der Waals surface area contributed by atoms with Crippen LogP contribution in [0.4, 0.5) is 0 Å². The van der Waals surface area contributed by atoms with Crippen molar-refractivity contribution >= 4 is 0 Å². The summed E-state index contributed by atoms with van der Waals surface area (Å²) in [5.41, 5.74) is 0.595. The van der Waals surface area contributed by atoms with Crippen LogP contribution in [0.1, 0.15) is 59.8 Å². The van der Waals surface area contributed by atoms with Crippen LogP contribution in [-0.4, -0.2) is 0 Å². The van der Waals surface area contributed by atoms with E-state index in [2.05, 4.69) is 27.7 Å². The molecular weight excluding hydrogens is 144 g/mol. The normalized spacial score (nSPS) is 29.0. The SMILES string of the molecule is CCC(C)(C)CCCC1CC1C. The molecule has 0 heterocycles. The molecule has 1 rings (SSSR count). The fourth-order valence-corrected chi connectivity index (χ4v) is 1.82. The van der Waals surface area contributed by atoms with Gasteiger partial charge in [-0.2, -0.15) is 0 Å². The molecule has 0 aliphatic heterocycles. The van der Waals surface area contributed by atoms with Crippen molar-refractivity contribution in [2.75, 3.05) is 0 Å². The van der Waals surface area contributed by atoms with Gasteiger partial charge < -0.3 is 0 Å². The highest BCUT2D eigenvalue weighted by molar-refractivity contribution is 4.82. The molecule has 1 saturated carbocycles. The van der Waals surface area contributed by atoms with Crippen LogP contribution >= 0.6 is 0 Å². The van der Waals surface area contributed by atoms with Crippen LogP contribution in [-0.2, 0) is 0 Å². The minimum atomic E-state index is 0.595. The Kier molecular flexibility index (Phi) is 3.20. The Hall–Kier alpha value is 0. The molecule has 0 heteroatoms. The highest BCUT2D eigenvalue weighted by Gasteiger charge is 2.31. The molecule has 2 unspecified atom stereocenters. The number of rotatable bonds is 5. The summed E-state index contributed by atoms with van der Waals surface area (Å²) >= 11 is 0. The van der Waals surface area contributed by atoms with E-state index in [1.54, 1.807) is 0 Å². The van der Waals surface area contributed by atoms with Gasteiger partial charge in [-0.25, -0.2) is 0 Å². The van der Waals surface area contributed by atoms with Crippen LogP contribution in [0.25, 0.3) is 0 Å². The van der Waals surface area contributed by atoms with Crippen LogP contribution in [0.2, 0.25) is 0 Å². The minimum absolute atomic E-state index is 0.595. The third kappa shape index (κ3) is 3.16. The molecule has 1 fully saturated rings. The molecule has 72 valence electrons. The lowest BCUT2D eigenvalue weighted by atomic mass is 9.84. The second kappa shape index (κ2) is 3.81. The van der Waals surface area contributed by atoms with Gasteiger partial charge in [-0.1, -0.05) is 47.0 Å². The molecule has 1 aliphatic carbocycles. The van der Waals surface area contributed by atoms with Crippen LogP contribution in [0.5, 0.6) is 0 Å². The van der Waals surface area contributed by atoms with E-state index in [9.17, 15) is 0 Å². The third-order valence-corrected chi connectivity index (χ3v) is 3.66. The van der Waals surface area contributed by atoms with Crippen LogP contribution in [0, 0.1) is 17.3 Å². The van der Waals surface area contributed by atoms with Gasteiger partial charge >= 0.3 is 0 Å². The molecule has 0 radical (unpaired) electrons. The molecule has 0 aromatic heterocycles. The van der Waals surface area contributed by atoms with Crippen molar-refractivity contribution < 1.29 is 0 Å². The van der Waals surface area contributed by atoms with Gasteiger partial charge in [0.2, 0.25) is 0 Å². The maximum Gasteiger partial charge on any atom is -0.0357 e. The average molecular weight is 168 g/mol. The zero-order valence-electron chi connectivity index (χ0n) is 9.19. The fourth-order valence-electron chi connectivity index (χ4n) is 1.82. The Morgan fingerprint density at radius 3 is 2.33 bits per heavy atom. The van der Waals surface area contributed by atoms with Gasteiger partial charge in [0.15, 0.2) is 0 Å². The second-order valence-electron chi connectivity index (χ2n) is 5.38. The first-order chi connectivity index (χ1) is 5.55. The van der Waals surface area contributed by atoms with Crippen LogP contribution < -0.4 is 0 Å². The monoisotopic (exact) mass is 168 g/mol. The quantitative estimate of drug-likeness (QED) is 0.575. The predicted octanol–water partition coefficient (Wildman–Crippen LogP) is 4.25. The van der Waals surface area contributed by atoms with Crippen molar-refractivity contribution in [2.45, 2.75) is 59.8 Å². The van der Waals surface area contributed by atoms with Crippen LogP contribution in [0.15, 0.2) is 0 Å². The van der Waals surface area contributed by atoms with Crippen molar-refractivity contribution in [1.82, 2.24) is 0 Å². The first-order valence-electron chi connectivity index (χ1n) is 5.55. The van der Waals surface area contributed by atoms with Gasteiger partial charge in [-0.05, 0) is 30.1 Å². The Balaban J connectivity index is 2.02. The van der Waals surface area contributed by atoms with E-state index in [1.807, 2.05) is 0 Å². The summed E-state index contributed by atoms with van der Waals surface area (Å²) in [7, 11) is 0. The summed E-state index contributed by atoms with van der Waals surface area (Å²) in [5.74, 6) is 2.15. The average Bonchev–Trinajstić information content (AvgIpc) is 2.67. The Morgan fingerprint density at radius 1 is 1.33 bits per heavy atom. The Bertz CT molecular complexity index is 135. The van der Waals surface area contributed by atoms with Gasteiger partial charge in [-0.15, -0.1) is 0 Å². The molecule has 0 bridgehead atoms. The molecule has 2 atom stereocenters. The lowest BCUT2D eigenvalue weighted by molar-refractivity contribution is 0.305. The van der Waals surface area contributed by atoms with Crippen molar-refractivity contribution in [3.05, 3.63) is 0 Å². The first-order valence-corrected chi connectivity index (χ1v) is 5.55. The topological polar surface area (TPSA) is 0 Å². The maximum absolute atomic E-state index is 2.39. The summed E-state index contributed by atoms with van der Waals surface area (Å²) in [4.78, 5) is 0. The maximum atomic E-state index is 2.39. The Labute approximate surface area is 77.7 Å². The van der Waals surface area contributed by atoms with Gasteiger partial charge in [0.1, 0.15) is 0 Å². The third-order valence-electron chi connectivity index (χ3n) is 3.66. The summed E-state index contributed by atoms with van der Waals surface area (Å²) in [6, 6.07) is 0. The standard InChI is InChI=1S/C12H24/c1-5-12(3,4)8-6-7-11-9-10(11)2/h10-11H,5-9H2,1-4H3. The molecular formula is C12H24. The van der Waals surface area contributed by atoms with Crippen molar-refractivity contribution in [3.8, 4) is 0 Å². The van der Waals surface area contributed by atoms with E-state index >= 15 is 0 Å². The van der Waals surface area contributed by atoms with E-state index in [4.69, 9.17) is 0 Å². The lowest BCUT2D eigenvalue weighted by Crippen LogP contribution is -2.08. The summed E-state index contributed by atoms with van der Waals surface area (Å²) in [5, 5.41) is 0. The first kappa shape index (κ1) is 10.1.